The number of hydrogen-bond donors (Lipinski definition) is 4. The average molecular weight is 445 g/mol. The zero-order valence-corrected chi connectivity index (χ0v) is 18.5. The van der Waals surface area contributed by atoms with Crippen molar-refractivity contribution >= 4 is 49.0 Å². The van der Waals surface area contributed by atoms with Gasteiger partial charge in [0.25, 0.3) is 0 Å². The Morgan fingerprint density at radius 2 is 1.31 bits per heavy atom. The van der Waals surface area contributed by atoms with E-state index in [4.69, 9.17) is 9.47 Å². The first-order valence-electron chi connectivity index (χ1n) is 8.88. The maximum atomic E-state index is 11.6. The number of benzene rings is 1. The van der Waals surface area contributed by atoms with E-state index >= 15 is 0 Å². The molecule has 0 heterocycles. The predicted molar refractivity (Wildman–Crippen MR) is 116 cm³/mol. The van der Waals surface area contributed by atoms with Crippen molar-refractivity contribution in [1.29, 1.82) is 0 Å². The van der Waals surface area contributed by atoms with Crippen molar-refractivity contribution in [2.75, 3.05) is 18.1 Å². The first-order chi connectivity index (χ1) is 13.7. The SMILES string of the molecule is CC(=O)N[C@@H](CS)C(=O)OCc1ccccc1.CCOC(=O)[C@H](CS)NC(C)=O. The van der Waals surface area contributed by atoms with Crippen molar-refractivity contribution in [3.63, 3.8) is 0 Å². The van der Waals surface area contributed by atoms with Crippen LogP contribution >= 0.6 is 25.3 Å². The van der Waals surface area contributed by atoms with Crippen LogP contribution in [0.15, 0.2) is 30.3 Å². The minimum Gasteiger partial charge on any atom is -0.464 e. The minimum absolute atomic E-state index is 0.198. The Kier molecular flexibility index (Phi) is 14.5. The number of ether oxygens (including phenoxy) is 2. The number of carbonyl (C=O) groups is 4. The molecule has 0 aromatic heterocycles. The summed E-state index contributed by atoms with van der Waals surface area (Å²) in [5.74, 6) is -0.990. The van der Waals surface area contributed by atoms with E-state index in [9.17, 15) is 19.2 Å². The molecule has 0 aliphatic rings. The van der Waals surface area contributed by atoms with Gasteiger partial charge in [0, 0.05) is 25.4 Å². The van der Waals surface area contributed by atoms with E-state index in [1.165, 1.54) is 13.8 Å². The lowest BCUT2D eigenvalue weighted by Crippen LogP contribution is -2.42. The van der Waals surface area contributed by atoms with E-state index in [1.807, 2.05) is 30.3 Å². The molecule has 0 aliphatic carbocycles. The van der Waals surface area contributed by atoms with Crippen LogP contribution in [0.1, 0.15) is 26.3 Å². The first kappa shape index (κ1) is 26.8. The molecule has 0 spiro atoms. The predicted octanol–water partition coefficient (Wildman–Crippen LogP) is 1.15. The van der Waals surface area contributed by atoms with Crippen molar-refractivity contribution in [3.05, 3.63) is 35.9 Å². The Morgan fingerprint density at radius 1 is 0.862 bits per heavy atom. The molecule has 2 N–H and O–H groups in total. The molecular formula is C19H28N2O6S2. The highest BCUT2D eigenvalue weighted by atomic mass is 32.1. The lowest BCUT2D eigenvalue weighted by atomic mass is 10.2. The fourth-order valence-electron chi connectivity index (χ4n) is 1.92. The van der Waals surface area contributed by atoms with Gasteiger partial charge in [-0.25, -0.2) is 9.59 Å². The lowest BCUT2D eigenvalue weighted by molar-refractivity contribution is -0.148. The second-order valence-electron chi connectivity index (χ2n) is 5.72. The molecule has 0 unspecified atom stereocenters. The second kappa shape index (κ2) is 15.7. The van der Waals surface area contributed by atoms with E-state index in [0.717, 1.165) is 5.56 Å². The van der Waals surface area contributed by atoms with Crippen LogP contribution in [0.25, 0.3) is 0 Å². The van der Waals surface area contributed by atoms with Gasteiger partial charge in [0.1, 0.15) is 18.7 Å². The molecule has 0 fully saturated rings. The third-order valence-corrected chi connectivity index (χ3v) is 3.93. The Hall–Kier alpha value is -2.20. The highest BCUT2D eigenvalue weighted by molar-refractivity contribution is 7.80. The van der Waals surface area contributed by atoms with Crippen LogP contribution in [0.2, 0.25) is 0 Å². The van der Waals surface area contributed by atoms with Crippen LogP contribution in [0, 0.1) is 0 Å². The highest BCUT2D eigenvalue weighted by Gasteiger charge is 2.19. The largest absolute Gasteiger partial charge is 0.464 e. The van der Waals surface area contributed by atoms with Crippen molar-refractivity contribution < 1.29 is 28.7 Å². The van der Waals surface area contributed by atoms with Crippen molar-refractivity contribution in [2.24, 2.45) is 0 Å². The molecule has 1 rings (SSSR count). The summed E-state index contributed by atoms with van der Waals surface area (Å²) >= 11 is 7.90. The first-order valence-corrected chi connectivity index (χ1v) is 10.1. The quantitative estimate of drug-likeness (QED) is 0.336. The third-order valence-electron chi connectivity index (χ3n) is 3.20. The summed E-state index contributed by atoms with van der Waals surface area (Å²) in [5, 5.41) is 4.90. The van der Waals surface area contributed by atoms with Crippen LogP contribution in [-0.4, -0.2) is 53.9 Å². The van der Waals surface area contributed by atoms with Gasteiger partial charge in [-0.05, 0) is 12.5 Å². The number of amides is 2. The van der Waals surface area contributed by atoms with E-state index in [2.05, 4.69) is 35.9 Å². The van der Waals surface area contributed by atoms with Gasteiger partial charge in [0.2, 0.25) is 11.8 Å². The molecule has 162 valence electrons. The molecule has 2 atom stereocenters. The standard InChI is InChI=1S/C12H15NO3S.C7H13NO3S/c1-9(14)13-11(8-17)12(15)16-7-10-5-3-2-4-6-10;1-3-11-7(10)6(4-12)8-5(2)9/h2-6,11,17H,7-8H2,1H3,(H,13,14);6,12H,3-4H2,1-2H3,(H,8,9)/t11-;6-/m00/s1. The summed E-state index contributed by atoms with van der Waals surface area (Å²) in [6, 6.07) is 8.02. The molecular weight excluding hydrogens is 416 g/mol. The fourth-order valence-corrected chi connectivity index (χ4v) is 2.40. The Balaban J connectivity index is 0.000000578. The number of hydrogen-bond acceptors (Lipinski definition) is 8. The van der Waals surface area contributed by atoms with Crippen LogP contribution < -0.4 is 10.6 Å². The molecule has 0 radical (unpaired) electrons. The highest BCUT2D eigenvalue weighted by Crippen LogP contribution is 2.02. The smallest absolute Gasteiger partial charge is 0.329 e. The molecule has 0 aliphatic heterocycles. The van der Waals surface area contributed by atoms with Gasteiger partial charge < -0.3 is 20.1 Å². The van der Waals surface area contributed by atoms with E-state index in [0.29, 0.717) is 6.61 Å². The number of nitrogens with one attached hydrogen (secondary N) is 2. The lowest BCUT2D eigenvalue weighted by Gasteiger charge is -2.14. The summed E-state index contributed by atoms with van der Waals surface area (Å²) in [7, 11) is 0. The van der Waals surface area contributed by atoms with Crippen molar-refractivity contribution in [2.45, 2.75) is 39.5 Å². The molecule has 0 bridgehead atoms. The number of rotatable bonds is 9. The van der Waals surface area contributed by atoms with Gasteiger partial charge >= 0.3 is 11.9 Å². The summed E-state index contributed by atoms with van der Waals surface area (Å²) in [5.41, 5.74) is 0.904. The Labute approximate surface area is 181 Å². The molecule has 29 heavy (non-hydrogen) atoms. The summed E-state index contributed by atoms with van der Waals surface area (Å²) in [4.78, 5) is 44.0. The number of esters is 2. The van der Waals surface area contributed by atoms with Crippen LogP contribution in [-0.2, 0) is 35.3 Å². The molecule has 1 aromatic carbocycles. The zero-order chi connectivity index (χ0) is 22.2. The maximum absolute atomic E-state index is 11.6. The molecule has 10 heteroatoms. The molecule has 0 saturated heterocycles. The van der Waals surface area contributed by atoms with Gasteiger partial charge in [-0.2, -0.15) is 25.3 Å². The monoisotopic (exact) mass is 444 g/mol. The van der Waals surface area contributed by atoms with Crippen LogP contribution in [0.4, 0.5) is 0 Å². The fraction of sp³-hybridized carbons (Fsp3) is 0.474. The van der Waals surface area contributed by atoms with Gasteiger partial charge in [-0.3, -0.25) is 9.59 Å². The summed E-state index contributed by atoms with van der Waals surface area (Å²) in [6.45, 7) is 4.91. The average Bonchev–Trinajstić information content (AvgIpc) is 2.69. The summed E-state index contributed by atoms with van der Waals surface area (Å²) < 4.78 is 9.77. The topological polar surface area (TPSA) is 111 Å². The molecule has 8 nitrogen and oxygen atoms in total. The Morgan fingerprint density at radius 3 is 1.69 bits per heavy atom. The normalized spacial score (nSPS) is 11.8. The van der Waals surface area contributed by atoms with Gasteiger partial charge in [-0.15, -0.1) is 0 Å². The van der Waals surface area contributed by atoms with Crippen LogP contribution in [0.3, 0.4) is 0 Å². The molecule has 0 saturated carbocycles. The zero-order valence-electron chi connectivity index (χ0n) is 16.7. The van der Waals surface area contributed by atoms with E-state index in [-0.39, 0.29) is 29.9 Å². The van der Waals surface area contributed by atoms with Gasteiger partial charge in [0.15, 0.2) is 0 Å². The maximum Gasteiger partial charge on any atom is 0.329 e. The second-order valence-corrected chi connectivity index (χ2v) is 6.45. The Bertz CT molecular complexity index is 657. The van der Waals surface area contributed by atoms with E-state index < -0.39 is 24.0 Å². The minimum atomic E-state index is -0.695. The summed E-state index contributed by atoms with van der Waals surface area (Å²) in [6.07, 6.45) is 0. The van der Waals surface area contributed by atoms with Gasteiger partial charge in [-0.1, -0.05) is 30.3 Å². The molecule has 2 amide bonds. The number of thiol groups is 2. The third kappa shape index (κ3) is 12.8. The van der Waals surface area contributed by atoms with E-state index in [1.54, 1.807) is 6.92 Å². The number of carbonyl (C=O) groups excluding carboxylic acids is 4. The molecule has 1 aromatic rings. The van der Waals surface area contributed by atoms with Crippen LogP contribution in [0.5, 0.6) is 0 Å². The van der Waals surface area contributed by atoms with Crippen molar-refractivity contribution in [3.8, 4) is 0 Å². The van der Waals surface area contributed by atoms with Crippen molar-refractivity contribution in [1.82, 2.24) is 10.6 Å². The van der Waals surface area contributed by atoms with Gasteiger partial charge in [0.05, 0.1) is 6.61 Å².